The van der Waals surface area contributed by atoms with Crippen LogP contribution < -0.4 is 10.2 Å². The van der Waals surface area contributed by atoms with Crippen LogP contribution in [0.25, 0.3) is 0 Å². The Bertz CT molecular complexity index is 664. The van der Waals surface area contributed by atoms with Crippen LogP contribution in [0.2, 0.25) is 0 Å². The Hall–Kier alpha value is -2.50. The van der Waals surface area contributed by atoms with Gasteiger partial charge in [0.2, 0.25) is 0 Å². The molecule has 2 rings (SSSR count). The molecule has 0 saturated heterocycles. The molecule has 0 unspecified atom stereocenters. The summed E-state index contributed by atoms with van der Waals surface area (Å²) in [5, 5.41) is 39.8. The van der Waals surface area contributed by atoms with Crippen molar-refractivity contribution in [3.8, 4) is 0 Å². The van der Waals surface area contributed by atoms with Gasteiger partial charge in [0.15, 0.2) is 0 Å². The van der Waals surface area contributed by atoms with Crippen molar-refractivity contribution < 1.29 is 47.1 Å². The van der Waals surface area contributed by atoms with Crippen LogP contribution in [-0.2, 0) is 26.7 Å². The molecule has 170 valence electrons. The standard InChI is InChI=1S/2C12H16O3.Fe/c2*13-11(10-6-4-5-7-10)8-2-1-3-9-12(14)15;/h2*4-7,13H,1-3,8-9H2,(H,14,15);/q;;+2/p-2. The maximum Gasteiger partial charge on any atom is 2.00 e. The van der Waals surface area contributed by atoms with E-state index >= 15 is 0 Å². The summed E-state index contributed by atoms with van der Waals surface area (Å²) < 4.78 is 0. The van der Waals surface area contributed by atoms with Gasteiger partial charge in [0, 0.05) is 12.8 Å². The molecule has 0 spiro atoms. The Labute approximate surface area is 194 Å². The quantitative estimate of drug-likeness (QED) is 0.256. The van der Waals surface area contributed by atoms with Crippen molar-refractivity contribution in [1.29, 1.82) is 0 Å². The predicted molar refractivity (Wildman–Crippen MR) is 112 cm³/mol. The van der Waals surface area contributed by atoms with Crippen LogP contribution >= 0.6 is 0 Å². The van der Waals surface area contributed by atoms with Crippen LogP contribution in [0.5, 0.6) is 0 Å². The Balaban J connectivity index is 0.000000562. The van der Waals surface area contributed by atoms with Crippen LogP contribution in [0.4, 0.5) is 0 Å². The molecule has 0 amide bonds. The molecule has 2 N–H and O–H groups in total. The first-order chi connectivity index (χ1) is 14.4. The summed E-state index contributed by atoms with van der Waals surface area (Å²) >= 11 is 0. The monoisotopic (exact) mass is 470 g/mol. The molecule has 0 aromatic rings. The average molecular weight is 470 g/mol. The van der Waals surface area contributed by atoms with Crippen molar-refractivity contribution >= 4 is 11.9 Å². The van der Waals surface area contributed by atoms with E-state index < -0.39 is 11.9 Å². The first-order valence-corrected chi connectivity index (χ1v) is 10.3. The van der Waals surface area contributed by atoms with Crippen molar-refractivity contribution in [3.63, 3.8) is 0 Å². The van der Waals surface area contributed by atoms with Crippen LogP contribution in [0.3, 0.4) is 0 Å². The van der Waals surface area contributed by atoms with E-state index in [2.05, 4.69) is 0 Å². The van der Waals surface area contributed by atoms with Gasteiger partial charge in [0.05, 0.1) is 0 Å². The number of unbranched alkanes of at least 4 members (excludes halogenated alkanes) is 4. The Morgan fingerprint density at radius 2 is 0.871 bits per heavy atom. The molecule has 0 heterocycles. The van der Waals surface area contributed by atoms with Gasteiger partial charge in [0.1, 0.15) is 0 Å². The normalized spacial score (nSPS) is 13.0. The number of allylic oxidation sites excluding steroid dienone is 12. The summed E-state index contributed by atoms with van der Waals surface area (Å²) in [5.74, 6) is -1.24. The molecule has 0 atom stereocenters. The topological polar surface area (TPSA) is 121 Å². The number of aliphatic carboxylic acids is 2. The fourth-order valence-corrected chi connectivity index (χ4v) is 2.89. The van der Waals surface area contributed by atoms with Crippen LogP contribution in [0.1, 0.15) is 64.2 Å². The SMILES string of the molecule is O=C(O)CCCCCC([O-])=C1C=CC=C1.O=C(O)CCCCCC([O-])=C1C=CC=C1.[Fe+2]. The van der Waals surface area contributed by atoms with Crippen molar-refractivity contribution in [2.24, 2.45) is 0 Å². The smallest absolute Gasteiger partial charge is 0.875 e. The number of hydrogen-bond donors (Lipinski definition) is 2. The van der Waals surface area contributed by atoms with E-state index in [1.165, 1.54) is 0 Å². The zero-order valence-corrected chi connectivity index (χ0v) is 18.7. The molecule has 0 bridgehead atoms. The van der Waals surface area contributed by atoms with E-state index in [1.807, 2.05) is 24.3 Å². The third kappa shape index (κ3) is 14.2. The van der Waals surface area contributed by atoms with E-state index in [0.29, 0.717) is 25.7 Å². The Morgan fingerprint density at radius 3 is 1.16 bits per heavy atom. The van der Waals surface area contributed by atoms with Gasteiger partial charge in [-0.3, -0.25) is 9.59 Å². The molecule has 0 saturated carbocycles. The van der Waals surface area contributed by atoms with Gasteiger partial charge in [-0.2, -0.15) is 0 Å². The zero-order chi connectivity index (χ0) is 22.2. The van der Waals surface area contributed by atoms with E-state index in [9.17, 15) is 19.8 Å². The Kier molecular flexibility index (Phi) is 15.8. The van der Waals surface area contributed by atoms with E-state index in [-0.39, 0.29) is 41.4 Å². The van der Waals surface area contributed by atoms with Gasteiger partial charge in [-0.05, 0) is 36.8 Å². The molecular weight excluding hydrogens is 440 g/mol. The number of rotatable bonds is 12. The van der Waals surface area contributed by atoms with Crippen LogP contribution in [0, 0.1) is 0 Å². The maximum absolute atomic E-state index is 11.5. The summed E-state index contributed by atoms with van der Waals surface area (Å²) in [6.07, 6.45) is 20.5. The number of carboxylic acids is 2. The van der Waals surface area contributed by atoms with Gasteiger partial charge in [-0.1, -0.05) is 74.3 Å². The van der Waals surface area contributed by atoms with Crippen molar-refractivity contribution in [2.75, 3.05) is 0 Å². The van der Waals surface area contributed by atoms with Crippen LogP contribution in [-0.4, -0.2) is 22.2 Å². The first kappa shape index (κ1) is 28.5. The van der Waals surface area contributed by atoms with Crippen molar-refractivity contribution in [2.45, 2.75) is 64.2 Å². The molecule has 0 radical (unpaired) electrons. The van der Waals surface area contributed by atoms with Gasteiger partial charge in [-0.15, -0.1) is 11.5 Å². The molecule has 0 fully saturated rings. The van der Waals surface area contributed by atoms with Gasteiger partial charge in [-0.25, -0.2) is 0 Å². The van der Waals surface area contributed by atoms with E-state index in [0.717, 1.165) is 36.8 Å². The van der Waals surface area contributed by atoms with E-state index in [1.54, 1.807) is 24.3 Å². The summed E-state index contributed by atoms with van der Waals surface area (Å²) in [7, 11) is 0. The summed E-state index contributed by atoms with van der Waals surface area (Å²) in [5.41, 5.74) is 1.52. The molecule has 6 nitrogen and oxygen atoms in total. The second-order valence-electron chi connectivity index (χ2n) is 7.10. The molecule has 2 aliphatic carbocycles. The third-order valence-corrected chi connectivity index (χ3v) is 4.56. The van der Waals surface area contributed by atoms with E-state index in [4.69, 9.17) is 10.2 Å². The Morgan fingerprint density at radius 1 is 0.581 bits per heavy atom. The molecule has 0 aliphatic heterocycles. The zero-order valence-electron chi connectivity index (χ0n) is 17.6. The van der Waals surface area contributed by atoms with Crippen molar-refractivity contribution in [3.05, 3.63) is 71.3 Å². The second-order valence-corrected chi connectivity index (χ2v) is 7.10. The average Bonchev–Trinajstić information content (AvgIpc) is 3.41. The van der Waals surface area contributed by atoms with Gasteiger partial charge in [0.25, 0.3) is 0 Å². The number of hydrogen-bond acceptors (Lipinski definition) is 4. The largest absolute Gasteiger partial charge is 2.00 e. The molecule has 2 aliphatic rings. The third-order valence-electron chi connectivity index (χ3n) is 4.56. The fourth-order valence-electron chi connectivity index (χ4n) is 2.89. The minimum Gasteiger partial charge on any atom is -0.875 e. The van der Waals surface area contributed by atoms with Gasteiger partial charge >= 0.3 is 29.0 Å². The summed E-state index contributed by atoms with van der Waals surface area (Å²) in [6.45, 7) is 0. The molecular formula is C24H30FeO6. The first-order valence-electron chi connectivity index (χ1n) is 10.3. The molecule has 0 aromatic heterocycles. The second kappa shape index (κ2) is 17.2. The molecule has 0 aromatic carbocycles. The number of carboxylic acid groups (broad SMARTS) is 2. The van der Waals surface area contributed by atoms with Crippen molar-refractivity contribution in [1.82, 2.24) is 0 Å². The molecule has 31 heavy (non-hydrogen) atoms. The minimum absolute atomic E-state index is 0. The van der Waals surface area contributed by atoms with Crippen LogP contribution in [0.15, 0.2) is 71.3 Å². The predicted octanol–water partition coefficient (Wildman–Crippen LogP) is 3.52. The number of carbonyl (C=O) groups is 2. The van der Waals surface area contributed by atoms with Gasteiger partial charge < -0.3 is 20.4 Å². The molecule has 7 heteroatoms. The maximum atomic E-state index is 11.5. The summed E-state index contributed by atoms with van der Waals surface area (Å²) in [6, 6.07) is 0. The fraction of sp³-hybridized carbons (Fsp3) is 0.417. The summed E-state index contributed by atoms with van der Waals surface area (Å²) in [4.78, 5) is 20.4. The minimum atomic E-state index is -0.766.